The molecular weight excluding hydrogens is 386 g/mol. The zero-order valence-electron chi connectivity index (χ0n) is 10.0. The minimum atomic E-state index is -0.408. The van der Waals surface area contributed by atoms with E-state index in [0.29, 0.717) is 0 Å². The third-order valence-electron chi connectivity index (χ3n) is 2.36. The Morgan fingerprint density at radius 2 is 1.15 bits per heavy atom. The summed E-state index contributed by atoms with van der Waals surface area (Å²) in [6, 6.07) is 13.2. The molecule has 0 aliphatic heterocycles. The average molecular weight is 394 g/mol. The van der Waals surface area contributed by atoms with Crippen LogP contribution < -0.4 is 8.70 Å². The van der Waals surface area contributed by atoms with E-state index in [4.69, 9.17) is 0 Å². The van der Waals surface area contributed by atoms with Crippen molar-refractivity contribution in [2.24, 2.45) is 0 Å². The Labute approximate surface area is 125 Å². The average Bonchev–Trinajstić information content (AvgIpc) is 2.45. The number of nitrogens with zero attached hydrogens (tertiary/aromatic N) is 2. The Bertz CT molecular complexity index is 644. The van der Waals surface area contributed by atoms with Crippen LogP contribution in [0.4, 0.5) is 11.4 Å². The predicted molar refractivity (Wildman–Crippen MR) is 77.0 cm³/mol. The molecule has 2 aromatic carbocycles. The Morgan fingerprint density at radius 3 is 1.50 bits per heavy atom. The van der Waals surface area contributed by atoms with E-state index >= 15 is 0 Å². The number of nitro groups is 2. The van der Waals surface area contributed by atoms with Gasteiger partial charge in [-0.25, -0.2) is 0 Å². The minimum absolute atomic E-state index is 0.0954. The molecule has 0 spiro atoms. The van der Waals surface area contributed by atoms with Crippen LogP contribution in [-0.4, -0.2) is 36.1 Å². The SMILES string of the molecule is O=[N+]([O-])c1cccc([As]=[As]c2cccc([N+](=O)[O-])c2)c1. The second-order valence-electron chi connectivity index (χ2n) is 3.75. The Balaban J connectivity index is 2.25. The topological polar surface area (TPSA) is 86.3 Å². The molecule has 0 N–H and O–H groups in total. The van der Waals surface area contributed by atoms with Crippen molar-refractivity contribution in [2.45, 2.75) is 0 Å². The van der Waals surface area contributed by atoms with Gasteiger partial charge in [0.15, 0.2) is 0 Å². The molecule has 0 saturated carbocycles. The van der Waals surface area contributed by atoms with Gasteiger partial charge < -0.3 is 0 Å². The van der Waals surface area contributed by atoms with E-state index in [1.165, 1.54) is 12.1 Å². The molecule has 6 nitrogen and oxygen atoms in total. The maximum absolute atomic E-state index is 10.7. The van der Waals surface area contributed by atoms with E-state index < -0.39 is 9.85 Å². The van der Waals surface area contributed by atoms with Crippen molar-refractivity contribution in [3.63, 3.8) is 0 Å². The number of benzene rings is 2. The first-order valence-corrected chi connectivity index (χ1v) is 12.5. The van der Waals surface area contributed by atoms with Crippen molar-refractivity contribution >= 4 is 46.4 Å². The van der Waals surface area contributed by atoms with Crippen molar-refractivity contribution in [1.82, 2.24) is 0 Å². The van der Waals surface area contributed by atoms with Gasteiger partial charge in [0, 0.05) is 0 Å². The van der Waals surface area contributed by atoms with Crippen LogP contribution in [0.2, 0.25) is 0 Å². The third kappa shape index (κ3) is 3.92. The third-order valence-corrected chi connectivity index (χ3v) is 10.8. The first-order valence-electron chi connectivity index (χ1n) is 5.47. The van der Waals surface area contributed by atoms with Gasteiger partial charge in [-0.3, -0.25) is 0 Å². The van der Waals surface area contributed by atoms with Crippen molar-refractivity contribution < 1.29 is 9.85 Å². The van der Waals surface area contributed by atoms with Crippen LogP contribution in [0, 0.1) is 20.2 Å². The second-order valence-corrected chi connectivity index (χ2v) is 11.1. The summed E-state index contributed by atoms with van der Waals surface area (Å²) in [4.78, 5) is 20.6. The monoisotopic (exact) mass is 394 g/mol. The molecule has 100 valence electrons. The quantitative estimate of drug-likeness (QED) is 0.436. The second kappa shape index (κ2) is 6.68. The van der Waals surface area contributed by atoms with Crippen LogP contribution in [0.15, 0.2) is 48.5 Å². The molecule has 0 fully saturated rings. The molecule has 0 amide bonds. The number of hydrogen-bond acceptors (Lipinski definition) is 4. The van der Waals surface area contributed by atoms with Gasteiger partial charge in [-0.15, -0.1) is 0 Å². The zero-order chi connectivity index (χ0) is 14.5. The van der Waals surface area contributed by atoms with Gasteiger partial charge in [-0.05, 0) is 0 Å². The van der Waals surface area contributed by atoms with E-state index in [1.807, 2.05) is 12.1 Å². The molecule has 2 aromatic rings. The van der Waals surface area contributed by atoms with E-state index in [1.54, 1.807) is 24.3 Å². The molecule has 0 aliphatic carbocycles. The number of rotatable bonds is 4. The zero-order valence-corrected chi connectivity index (χ0v) is 13.8. The van der Waals surface area contributed by atoms with Crippen molar-refractivity contribution in [3.05, 3.63) is 68.8 Å². The summed E-state index contributed by atoms with van der Waals surface area (Å²) in [5.74, 6) is 0. The first kappa shape index (κ1) is 14.8. The summed E-state index contributed by atoms with van der Waals surface area (Å²) in [6.45, 7) is 0. The number of nitro benzene ring substituents is 2. The van der Waals surface area contributed by atoms with Gasteiger partial charge in [0.2, 0.25) is 0 Å². The first-order chi connectivity index (χ1) is 9.56. The van der Waals surface area contributed by atoms with Crippen LogP contribution in [0.25, 0.3) is 0 Å². The molecule has 0 aromatic heterocycles. The molecule has 0 heterocycles. The van der Waals surface area contributed by atoms with Gasteiger partial charge in [-0.2, -0.15) is 0 Å². The van der Waals surface area contributed by atoms with Crippen molar-refractivity contribution in [3.8, 4) is 0 Å². The van der Waals surface area contributed by atoms with Crippen molar-refractivity contribution in [1.29, 1.82) is 0 Å². The molecule has 2 rings (SSSR count). The van der Waals surface area contributed by atoms with Crippen LogP contribution >= 0.6 is 0 Å². The fraction of sp³-hybridized carbons (Fsp3) is 0. The number of non-ortho nitro benzene ring substituents is 2. The van der Waals surface area contributed by atoms with Gasteiger partial charge in [0.05, 0.1) is 0 Å². The summed E-state index contributed by atoms with van der Waals surface area (Å²) >= 11 is -0.409. The van der Waals surface area contributed by atoms with Gasteiger partial charge >= 0.3 is 125 Å². The van der Waals surface area contributed by atoms with Crippen LogP contribution in [0.3, 0.4) is 0 Å². The van der Waals surface area contributed by atoms with Gasteiger partial charge in [0.25, 0.3) is 0 Å². The Morgan fingerprint density at radius 1 is 0.750 bits per heavy atom. The standard InChI is InChI=1S/C12H8As2N2O4/c17-15(18)11-5-1-3-9(7-11)13-14-10-4-2-6-12(8-10)16(19)20/h1-8H. The van der Waals surface area contributed by atoms with Crippen molar-refractivity contribution in [2.75, 3.05) is 0 Å². The fourth-order valence-corrected chi connectivity index (χ4v) is 8.61. The molecule has 0 saturated heterocycles. The molecule has 0 unspecified atom stereocenters. The van der Waals surface area contributed by atoms with E-state index in [0.717, 1.165) is 8.70 Å². The molecule has 0 aliphatic rings. The summed E-state index contributed by atoms with van der Waals surface area (Å²) in [5.41, 5.74) is 0.191. The van der Waals surface area contributed by atoms with E-state index in [2.05, 4.69) is 0 Å². The summed E-state index contributed by atoms with van der Waals surface area (Å²) in [6.07, 6.45) is 0. The van der Waals surface area contributed by atoms with Gasteiger partial charge in [-0.1, -0.05) is 0 Å². The fourth-order valence-electron chi connectivity index (χ4n) is 1.45. The summed E-state index contributed by atoms with van der Waals surface area (Å²) in [5, 5.41) is 21.4. The van der Waals surface area contributed by atoms with E-state index in [9.17, 15) is 20.2 Å². The Hall–Kier alpha value is -1.64. The normalized spacial score (nSPS) is 10.6. The number of hydrogen-bond donors (Lipinski definition) is 0. The molecule has 0 radical (unpaired) electrons. The summed E-state index contributed by atoms with van der Waals surface area (Å²) < 4.78 is 1.95. The molecule has 8 heteroatoms. The van der Waals surface area contributed by atoms with Gasteiger partial charge in [0.1, 0.15) is 0 Å². The molecule has 20 heavy (non-hydrogen) atoms. The Kier molecular flexibility index (Phi) is 4.93. The van der Waals surface area contributed by atoms with E-state index in [-0.39, 0.29) is 37.7 Å². The molecule has 0 bridgehead atoms. The maximum atomic E-state index is 10.7. The van der Waals surface area contributed by atoms with Crippen LogP contribution in [-0.2, 0) is 0 Å². The summed E-state index contributed by atoms with van der Waals surface area (Å²) in [7, 11) is 0. The molecular formula is C12H8As2N2O4. The molecule has 0 atom stereocenters. The predicted octanol–water partition coefficient (Wildman–Crippen LogP) is 0.777. The van der Waals surface area contributed by atoms with Crippen LogP contribution in [0.5, 0.6) is 0 Å². The van der Waals surface area contributed by atoms with Crippen LogP contribution in [0.1, 0.15) is 0 Å².